The van der Waals surface area contributed by atoms with Gasteiger partial charge in [0.25, 0.3) is 0 Å². The molecule has 0 amide bonds. The molecule has 8 heteroatoms. The van der Waals surface area contributed by atoms with Gasteiger partial charge < -0.3 is 52.0 Å². The van der Waals surface area contributed by atoms with Crippen LogP contribution in [0.15, 0.2) is 24.3 Å². The van der Waals surface area contributed by atoms with Crippen LogP contribution >= 0.6 is 0 Å². The second-order valence-electron chi connectivity index (χ2n) is 2.39. The summed E-state index contributed by atoms with van der Waals surface area (Å²) in [6, 6.07) is 5.98. The number of hydrogen-bond acceptors (Lipinski definition) is 6. The molecule has 1 N–H and O–H groups in total. The molecule has 0 aliphatic carbocycles. The maximum absolute atomic E-state index is 10.6. The van der Waals surface area contributed by atoms with E-state index < -0.39 is 11.9 Å². The molecule has 1 rings (SSSR count). The second kappa shape index (κ2) is 23.0. The average molecular weight is 375 g/mol. The first-order valence-electron chi connectivity index (χ1n) is 4.23. The average Bonchev–Trinajstić information content (AvgIpc) is 2.45. The van der Waals surface area contributed by atoms with Crippen molar-refractivity contribution in [3.8, 4) is 5.75 Å². The van der Waals surface area contributed by atoms with E-state index in [-0.39, 0.29) is 39.8 Å². The molecule has 1 aromatic carbocycles. The number of rotatable bonds is 2. The van der Waals surface area contributed by atoms with Gasteiger partial charge in [0.2, 0.25) is 0 Å². The van der Waals surface area contributed by atoms with E-state index in [1.54, 1.807) is 12.1 Å². The number of carbonyl (C=O) groups is 2. The number of carbonyl (C=O) groups excluding carboxylic acids is 4. The van der Waals surface area contributed by atoms with Gasteiger partial charge in [0.1, 0.15) is 11.3 Å². The molecule has 0 aliphatic rings. The Morgan fingerprint density at radius 3 is 1.71 bits per heavy atom. The van der Waals surface area contributed by atoms with Crippen LogP contribution in [0.1, 0.15) is 17.3 Å². The molecule has 21 heavy (non-hydrogen) atoms. The summed E-state index contributed by atoms with van der Waals surface area (Å²) in [5, 5.41) is 8.69. The monoisotopic (exact) mass is 377 g/mol. The zero-order chi connectivity index (χ0) is 15.8. The normalized spacial score (nSPS) is 6.33. The molecule has 1 aromatic rings. The Labute approximate surface area is 137 Å². The van der Waals surface area contributed by atoms with Crippen LogP contribution in [-0.4, -0.2) is 37.4 Å². The molecule has 7 nitrogen and oxygen atoms in total. The van der Waals surface area contributed by atoms with Crippen molar-refractivity contribution < 1.29 is 54.9 Å². The number of carboxylic acids is 1. The van der Waals surface area contributed by atoms with E-state index in [1.807, 2.05) is 0 Å². The van der Waals surface area contributed by atoms with Crippen LogP contribution in [0.4, 0.5) is 0 Å². The SMILES string of the molecule is CC(=O)Oc1ccccc1C(=O)O.[C-]=O.[C-]=O.[C-]=O.[CH3-].[Mo+4]. The molecule has 0 aromatic heterocycles. The number of benzene rings is 1. The maximum Gasteiger partial charge on any atom is 4.00 e. The van der Waals surface area contributed by atoms with E-state index in [1.165, 1.54) is 19.1 Å². The molecular weight excluding hydrogens is 364 g/mol. The van der Waals surface area contributed by atoms with Crippen molar-refractivity contribution in [3.63, 3.8) is 0 Å². The third-order valence-electron chi connectivity index (χ3n) is 1.37. The molecule has 3 radical (unpaired) electrons. The Morgan fingerprint density at radius 1 is 1.00 bits per heavy atom. The standard InChI is InChI=1S/C9H8O4.3CO.CH3.Mo/c1-6(10)13-8-5-3-2-4-7(8)9(11)12;3*1-2;;/h2-5H,1H3,(H,11,12);;;;1H3;/q;4*-1;+4. The molecule has 0 atom stereocenters. The number of para-hydroxylation sites is 1. The van der Waals surface area contributed by atoms with E-state index in [0.717, 1.165) is 0 Å². The Balaban J connectivity index is -0.0000000951. The summed E-state index contributed by atoms with van der Waals surface area (Å²) in [6.45, 7) is 14.7. The summed E-state index contributed by atoms with van der Waals surface area (Å²) in [6.07, 6.45) is 0. The minimum absolute atomic E-state index is 0. The van der Waals surface area contributed by atoms with Gasteiger partial charge in [-0.25, -0.2) is 4.79 Å². The van der Waals surface area contributed by atoms with Crippen molar-refractivity contribution >= 4 is 32.3 Å². The van der Waals surface area contributed by atoms with Crippen molar-refractivity contribution in [3.05, 3.63) is 37.3 Å². The Bertz CT molecular complexity index is 391. The van der Waals surface area contributed by atoms with Crippen molar-refractivity contribution in [2.75, 3.05) is 0 Å². The zero-order valence-corrected chi connectivity index (χ0v) is 13.1. The molecule has 0 saturated heterocycles. The Kier molecular flexibility index (Phi) is 34.3. The fourth-order valence-electron chi connectivity index (χ4n) is 0.887. The molecule has 0 aliphatic heterocycles. The largest absolute Gasteiger partial charge is 4.00 e. The minimum Gasteiger partial charge on any atom is -0.573 e. The Morgan fingerprint density at radius 2 is 1.38 bits per heavy atom. The predicted octanol–water partition coefficient (Wildman–Crippen LogP) is 0.567. The summed E-state index contributed by atoms with van der Waals surface area (Å²) in [7, 11) is 0. The van der Waals surface area contributed by atoms with Gasteiger partial charge in [0.05, 0.1) is 0 Å². The van der Waals surface area contributed by atoms with E-state index in [9.17, 15) is 9.59 Å². The van der Waals surface area contributed by atoms with E-state index >= 15 is 0 Å². The maximum atomic E-state index is 10.6. The van der Waals surface area contributed by atoms with E-state index in [2.05, 4.69) is 25.1 Å². The summed E-state index contributed by atoms with van der Waals surface area (Å²) in [5.74, 6) is -1.58. The summed E-state index contributed by atoms with van der Waals surface area (Å²) < 4.78 is 4.69. The van der Waals surface area contributed by atoms with Crippen molar-refractivity contribution in [1.29, 1.82) is 0 Å². The first kappa shape index (κ1) is 31.3. The van der Waals surface area contributed by atoms with Crippen molar-refractivity contribution in [2.24, 2.45) is 0 Å². The molecule has 0 fully saturated rings. The van der Waals surface area contributed by atoms with Gasteiger partial charge in [0, 0.05) is 6.92 Å². The third kappa shape index (κ3) is 15.8. The van der Waals surface area contributed by atoms with Gasteiger partial charge in [-0.05, 0) is 12.1 Å². The van der Waals surface area contributed by atoms with Crippen molar-refractivity contribution in [2.45, 2.75) is 6.92 Å². The molecule has 0 saturated carbocycles. The number of hydrogen-bond donors (Lipinski definition) is 1. The molecule has 0 unspecified atom stereocenters. The van der Waals surface area contributed by atoms with E-state index in [4.69, 9.17) is 19.5 Å². The van der Waals surface area contributed by atoms with Crippen LogP contribution in [-0.2, 0) is 40.2 Å². The first-order valence-corrected chi connectivity index (χ1v) is 4.23. The number of ether oxygens (including phenoxy) is 1. The number of aromatic carboxylic acids is 1. The van der Waals surface area contributed by atoms with Crippen LogP contribution in [0.5, 0.6) is 5.75 Å². The quantitative estimate of drug-likeness (QED) is 0.348. The fourth-order valence-corrected chi connectivity index (χ4v) is 0.887. The Hall–Kier alpha value is -2.14. The third-order valence-corrected chi connectivity index (χ3v) is 1.37. The summed E-state index contributed by atoms with van der Waals surface area (Å²) in [5.41, 5.74) is -0.0160. The van der Waals surface area contributed by atoms with Gasteiger partial charge in [-0.15, -0.1) is 0 Å². The van der Waals surface area contributed by atoms with Gasteiger partial charge in [-0.3, -0.25) is 4.79 Å². The van der Waals surface area contributed by atoms with Crippen LogP contribution in [0.3, 0.4) is 0 Å². The molecule has 0 bridgehead atoms. The smallest absolute Gasteiger partial charge is 0.573 e. The molecular formula is C13H11MoO7. The molecule has 0 heterocycles. The predicted molar refractivity (Wildman–Crippen MR) is 68.2 cm³/mol. The summed E-state index contributed by atoms with van der Waals surface area (Å²) in [4.78, 5) is 43.7. The van der Waals surface area contributed by atoms with Gasteiger partial charge in [-0.1, -0.05) is 12.1 Å². The van der Waals surface area contributed by atoms with E-state index in [0.29, 0.717) is 0 Å². The van der Waals surface area contributed by atoms with Crippen LogP contribution in [0, 0.1) is 7.43 Å². The number of esters is 1. The van der Waals surface area contributed by atoms with Crippen LogP contribution < -0.4 is 4.74 Å². The fraction of sp³-hybridized carbons (Fsp3) is 0.0769. The molecule has 0 spiro atoms. The zero-order valence-electron chi connectivity index (χ0n) is 11.1. The van der Waals surface area contributed by atoms with Crippen LogP contribution in [0.25, 0.3) is 0 Å². The second-order valence-corrected chi connectivity index (χ2v) is 2.39. The van der Waals surface area contributed by atoms with Crippen LogP contribution in [0.2, 0.25) is 0 Å². The van der Waals surface area contributed by atoms with Gasteiger partial charge in [-0.2, -0.15) is 0 Å². The first-order chi connectivity index (χ1) is 9.11. The minimum atomic E-state index is -1.11. The van der Waals surface area contributed by atoms with Gasteiger partial charge in [0.15, 0.2) is 0 Å². The topological polar surface area (TPSA) is 115 Å². The number of carboxylic acid groups (broad SMARTS) is 1. The molecule has 111 valence electrons. The summed E-state index contributed by atoms with van der Waals surface area (Å²) >= 11 is 0. The van der Waals surface area contributed by atoms with Gasteiger partial charge >= 0.3 is 33.0 Å². The van der Waals surface area contributed by atoms with Crippen molar-refractivity contribution in [1.82, 2.24) is 0 Å².